The second-order valence-electron chi connectivity index (χ2n) is 3.12. The normalized spacial score (nSPS) is 9.69. The number of phenols is 1. The van der Waals surface area contributed by atoms with Crippen molar-refractivity contribution < 1.29 is 9.90 Å². The van der Waals surface area contributed by atoms with Crippen LogP contribution < -0.4 is 0 Å². The minimum Gasteiger partial charge on any atom is -0.507 e. The molecular weight excluding hydrogens is 164 g/mol. The van der Waals surface area contributed by atoms with E-state index in [9.17, 15) is 9.90 Å². The summed E-state index contributed by atoms with van der Waals surface area (Å²) in [6.45, 7) is 7.54. The molecule has 0 aliphatic rings. The van der Waals surface area contributed by atoms with E-state index in [2.05, 4.69) is 6.58 Å². The zero-order valence-corrected chi connectivity index (χ0v) is 7.79. The number of aldehydes is 1. The summed E-state index contributed by atoms with van der Waals surface area (Å²) in [7, 11) is 0. The van der Waals surface area contributed by atoms with Crippen molar-refractivity contribution in [3.8, 4) is 5.75 Å². The summed E-state index contributed by atoms with van der Waals surface area (Å²) in [6, 6.07) is 3.23. The molecule has 0 saturated carbocycles. The van der Waals surface area contributed by atoms with Crippen LogP contribution in [0, 0.1) is 6.92 Å². The zero-order valence-electron chi connectivity index (χ0n) is 7.79. The van der Waals surface area contributed by atoms with Crippen molar-refractivity contribution in [2.45, 2.75) is 13.8 Å². The van der Waals surface area contributed by atoms with Gasteiger partial charge in [0, 0.05) is 0 Å². The van der Waals surface area contributed by atoms with Crippen LogP contribution in [0.2, 0.25) is 0 Å². The monoisotopic (exact) mass is 176 g/mol. The van der Waals surface area contributed by atoms with Crippen LogP contribution in [-0.2, 0) is 0 Å². The lowest BCUT2D eigenvalue weighted by Gasteiger charge is -2.07. The summed E-state index contributed by atoms with van der Waals surface area (Å²) in [4.78, 5) is 10.5. The molecule has 0 atom stereocenters. The Morgan fingerprint density at radius 2 is 2.15 bits per heavy atom. The maximum Gasteiger partial charge on any atom is 0.153 e. The third kappa shape index (κ3) is 1.78. The quantitative estimate of drug-likeness (QED) is 0.703. The van der Waals surface area contributed by atoms with Crippen molar-refractivity contribution in [3.05, 3.63) is 35.4 Å². The number of phenolic OH excluding ortho intramolecular Hbond substituents is 1. The van der Waals surface area contributed by atoms with E-state index >= 15 is 0 Å². The fourth-order valence-corrected chi connectivity index (χ4v) is 1.26. The van der Waals surface area contributed by atoms with Crippen LogP contribution in [0.5, 0.6) is 5.75 Å². The topological polar surface area (TPSA) is 37.3 Å². The van der Waals surface area contributed by atoms with E-state index in [1.165, 1.54) is 0 Å². The summed E-state index contributed by atoms with van der Waals surface area (Å²) in [5.74, 6) is 0.0255. The molecule has 0 spiro atoms. The molecule has 2 heteroatoms. The number of hydrogen-bond donors (Lipinski definition) is 1. The number of carbonyl (C=O) groups excluding carboxylic acids is 1. The van der Waals surface area contributed by atoms with Gasteiger partial charge in [-0.3, -0.25) is 4.79 Å². The first-order valence-corrected chi connectivity index (χ1v) is 4.01. The second-order valence-corrected chi connectivity index (χ2v) is 3.12. The summed E-state index contributed by atoms with van der Waals surface area (Å²) in [6.07, 6.45) is 0.640. The van der Waals surface area contributed by atoms with Crippen molar-refractivity contribution in [2.75, 3.05) is 0 Å². The fraction of sp³-hybridized carbons (Fsp3) is 0.182. The van der Waals surface area contributed by atoms with Gasteiger partial charge in [-0.2, -0.15) is 0 Å². The molecule has 0 unspecified atom stereocenters. The first-order valence-electron chi connectivity index (χ1n) is 4.01. The molecule has 0 aromatic heterocycles. The Morgan fingerprint density at radius 3 is 2.62 bits per heavy atom. The first kappa shape index (κ1) is 9.52. The molecule has 0 saturated heterocycles. The van der Waals surface area contributed by atoms with Crippen molar-refractivity contribution in [1.29, 1.82) is 0 Å². The van der Waals surface area contributed by atoms with Crippen molar-refractivity contribution >= 4 is 11.9 Å². The lowest BCUT2D eigenvalue weighted by atomic mass is 10.00. The average molecular weight is 176 g/mol. The molecule has 1 aromatic rings. The molecule has 0 aliphatic carbocycles. The molecule has 0 bridgehead atoms. The van der Waals surface area contributed by atoms with Crippen molar-refractivity contribution in [1.82, 2.24) is 0 Å². The number of hydrogen-bond acceptors (Lipinski definition) is 2. The van der Waals surface area contributed by atoms with Crippen LogP contribution >= 0.6 is 0 Å². The lowest BCUT2D eigenvalue weighted by molar-refractivity contribution is 0.112. The van der Waals surface area contributed by atoms with Gasteiger partial charge in [-0.1, -0.05) is 12.2 Å². The number of aryl methyl sites for hydroxylation is 1. The Kier molecular flexibility index (Phi) is 2.52. The summed E-state index contributed by atoms with van der Waals surface area (Å²) in [5.41, 5.74) is 3.04. The average Bonchev–Trinajstić information content (AvgIpc) is 2.03. The number of aromatic hydroxyl groups is 1. The van der Waals surface area contributed by atoms with E-state index in [0.29, 0.717) is 11.8 Å². The van der Waals surface area contributed by atoms with Gasteiger partial charge >= 0.3 is 0 Å². The number of benzene rings is 1. The van der Waals surface area contributed by atoms with E-state index < -0.39 is 0 Å². The summed E-state index contributed by atoms with van der Waals surface area (Å²) in [5, 5.41) is 9.34. The molecule has 0 aliphatic heterocycles. The molecule has 13 heavy (non-hydrogen) atoms. The molecule has 0 radical (unpaired) electrons. The molecule has 0 fully saturated rings. The summed E-state index contributed by atoms with van der Waals surface area (Å²) < 4.78 is 0. The van der Waals surface area contributed by atoms with E-state index in [0.717, 1.165) is 16.7 Å². The van der Waals surface area contributed by atoms with Gasteiger partial charge in [0.1, 0.15) is 5.75 Å². The number of rotatable bonds is 2. The van der Waals surface area contributed by atoms with Crippen LogP contribution in [0.25, 0.3) is 5.57 Å². The van der Waals surface area contributed by atoms with Crippen LogP contribution in [0.4, 0.5) is 0 Å². The predicted octanol–water partition coefficient (Wildman–Crippen LogP) is 2.55. The smallest absolute Gasteiger partial charge is 0.153 e. The SMILES string of the molecule is C=C(C)c1cc(C=O)c(O)cc1C. The van der Waals surface area contributed by atoms with Gasteiger partial charge in [0.05, 0.1) is 5.56 Å². The highest BCUT2D eigenvalue weighted by Crippen LogP contribution is 2.24. The Balaban J connectivity index is 3.38. The van der Waals surface area contributed by atoms with E-state index in [-0.39, 0.29) is 5.75 Å². The highest BCUT2D eigenvalue weighted by Gasteiger charge is 2.05. The number of allylic oxidation sites excluding steroid dienone is 1. The minimum atomic E-state index is 0.0255. The maximum absolute atomic E-state index is 10.5. The highest BCUT2D eigenvalue weighted by molar-refractivity contribution is 5.82. The van der Waals surface area contributed by atoms with Gasteiger partial charge in [-0.15, -0.1) is 0 Å². The largest absolute Gasteiger partial charge is 0.507 e. The van der Waals surface area contributed by atoms with Crippen LogP contribution in [-0.4, -0.2) is 11.4 Å². The molecule has 1 N–H and O–H groups in total. The van der Waals surface area contributed by atoms with Crippen LogP contribution in [0.15, 0.2) is 18.7 Å². The Morgan fingerprint density at radius 1 is 1.54 bits per heavy atom. The minimum absolute atomic E-state index is 0.0255. The predicted molar refractivity (Wildman–Crippen MR) is 52.9 cm³/mol. The van der Waals surface area contributed by atoms with Gasteiger partial charge in [0.2, 0.25) is 0 Å². The standard InChI is InChI=1S/C11H12O2/c1-7(2)10-5-9(6-12)11(13)4-8(10)3/h4-6,13H,1H2,2-3H3. The van der Waals surface area contributed by atoms with E-state index in [1.54, 1.807) is 12.1 Å². The Bertz CT molecular complexity index is 365. The van der Waals surface area contributed by atoms with E-state index in [4.69, 9.17) is 0 Å². The Hall–Kier alpha value is -1.57. The summed E-state index contributed by atoms with van der Waals surface area (Å²) >= 11 is 0. The van der Waals surface area contributed by atoms with Gasteiger partial charge in [-0.25, -0.2) is 0 Å². The second kappa shape index (κ2) is 3.44. The molecule has 0 amide bonds. The number of carbonyl (C=O) groups is 1. The maximum atomic E-state index is 10.5. The first-order chi connectivity index (χ1) is 6.06. The van der Waals surface area contributed by atoms with Gasteiger partial charge in [-0.05, 0) is 37.1 Å². The molecular formula is C11H12O2. The molecule has 1 rings (SSSR count). The molecule has 1 aromatic carbocycles. The van der Waals surface area contributed by atoms with Crippen molar-refractivity contribution in [3.63, 3.8) is 0 Å². The lowest BCUT2D eigenvalue weighted by Crippen LogP contribution is -1.89. The van der Waals surface area contributed by atoms with Gasteiger partial charge in [0.15, 0.2) is 6.29 Å². The molecule has 0 heterocycles. The van der Waals surface area contributed by atoms with Crippen molar-refractivity contribution in [2.24, 2.45) is 0 Å². The molecule has 2 nitrogen and oxygen atoms in total. The van der Waals surface area contributed by atoms with Crippen LogP contribution in [0.3, 0.4) is 0 Å². The third-order valence-corrected chi connectivity index (χ3v) is 1.96. The highest BCUT2D eigenvalue weighted by atomic mass is 16.3. The Labute approximate surface area is 77.5 Å². The zero-order chi connectivity index (χ0) is 10.0. The van der Waals surface area contributed by atoms with E-state index in [1.807, 2.05) is 13.8 Å². The van der Waals surface area contributed by atoms with Gasteiger partial charge < -0.3 is 5.11 Å². The van der Waals surface area contributed by atoms with Crippen LogP contribution in [0.1, 0.15) is 28.4 Å². The molecule has 68 valence electrons. The third-order valence-electron chi connectivity index (χ3n) is 1.96. The fourth-order valence-electron chi connectivity index (χ4n) is 1.26. The van der Waals surface area contributed by atoms with Gasteiger partial charge in [0.25, 0.3) is 0 Å².